The predicted molar refractivity (Wildman–Crippen MR) is 119 cm³/mol. The van der Waals surface area contributed by atoms with Crippen LogP contribution < -0.4 is 10.3 Å². The molecule has 8 nitrogen and oxygen atoms in total. The molecule has 0 amide bonds. The molecule has 1 aromatic carbocycles. The minimum Gasteiger partial charge on any atom is -0.495 e. The summed E-state index contributed by atoms with van der Waals surface area (Å²) in [5.74, 6) is -0.961. The van der Waals surface area contributed by atoms with Crippen LogP contribution >= 0.6 is 0 Å². The number of ether oxygens (including phenoxy) is 2. The number of methoxy groups -OCH3 is 1. The molecule has 0 radical (unpaired) electrons. The van der Waals surface area contributed by atoms with Gasteiger partial charge in [0.2, 0.25) is 0 Å². The molecule has 0 aliphatic heterocycles. The molecule has 1 unspecified atom stereocenters. The van der Waals surface area contributed by atoms with Crippen molar-refractivity contribution in [2.45, 2.75) is 38.8 Å². The summed E-state index contributed by atoms with van der Waals surface area (Å²) in [6.07, 6.45) is 3.23. The number of hydrogen-bond donors (Lipinski definition) is 0. The van der Waals surface area contributed by atoms with E-state index in [9.17, 15) is 19.2 Å². The van der Waals surface area contributed by atoms with E-state index in [1.807, 2.05) is 6.07 Å². The lowest BCUT2D eigenvalue weighted by Gasteiger charge is -2.25. The van der Waals surface area contributed by atoms with Gasteiger partial charge in [-0.3, -0.25) is 14.0 Å². The number of nitrogens with zero attached hydrogens (tertiary/aromatic N) is 4. The van der Waals surface area contributed by atoms with Crippen LogP contribution in [-0.4, -0.2) is 33.0 Å². The average Bonchev–Trinajstić information content (AvgIpc) is 3.15. The predicted octanol–water partition coefficient (Wildman–Crippen LogP) is 3.39. The summed E-state index contributed by atoms with van der Waals surface area (Å²) in [5, 5.41) is 13.7. The van der Waals surface area contributed by atoms with Crippen molar-refractivity contribution in [2.75, 3.05) is 7.11 Å². The van der Waals surface area contributed by atoms with Crippen molar-refractivity contribution in [2.24, 2.45) is 7.05 Å². The molecule has 0 fully saturated rings. The highest BCUT2D eigenvalue weighted by Gasteiger charge is 2.29. The molecule has 3 aromatic rings. The SMILES string of the molecule is COc1cn(C(Cc2ccn(C)n2)C(=O)OC(C)(C)C)c(=O)cc1-c1cc(F)ccc1C#N. The summed E-state index contributed by atoms with van der Waals surface area (Å²) in [4.78, 5) is 26.2. The van der Waals surface area contributed by atoms with Gasteiger partial charge in [-0.05, 0) is 45.0 Å². The first-order valence-corrected chi connectivity index (χ1v) is 10.2. The van der Waals surface area contributed by atoms with Crippen LogP contribution in [0.25, 0.3) is 11.1 Å². The van der Waals surface area contributed by atoms with Crippen LogP contribution in [0.15, 0.2) is 47.5 Å². The number of rotatable bonds is 6. The lowest BCUT2D eigenvalue weighted by molar-refractivity contribution is -0.159. The van der Waals surface area contributed by atoms with Crippen LogP contribution in [0, 0.1) is 17.1 Å². The Labute approximate surface area is 190 Å². The normalized spacial score (nSPS) is 12.2. The lowest BCUT2D eigenvalue weighted by atomic mass is 10.00. The van der Waals surface area contributed by atoms with E-state index in [0.29, 0.717) is 5.69 Å². The molecule has 0 saturated carbocycles. The van der Waals surface area contributed by atoms with Crippen molar-refractivity contribution >= 4 is 5.97 Å². The van der Waals surface area contributed by atoms with E-state index in [1.54, 1.807) is 44.8 Å². The van der Waals surface area contributed by atoms with Gasteiger partial charge in [0.05, 0.1) is 30.6 Å². The van der Waals surface area contributed by atoms with Gasteiger partial charge in [-0.25, -0.2) is 9.18 Å². The molecule has 0 aliphatic rings. The smallest absolute Gasteiger partial charge is 0.330 e. The second kappa shape index (κ2) is 9.28. The fourth-order valence-corrected chi connectivity index (χ4v) is 3.42. The first-order chi connectivity index (χ1) is 15.5. The van der Waals surface area contributed by atoms with Crippen molar-refractivity contribution in [3.8, 4) is 22.9 Å². The number of esters is 1. The maximum absolute atomic E-state index is 13.9. The highest BCUT2D eigenvalue weighted by Crippen LogP contribution is 2.32. The number of halogens is 1. The summed E-state index contributed by atoms with van der Waals surface area (Å²) in [7, 11) is 3.14. The summed E-state index contributed by atoms with van der Waals surface area (Å²) >= 11 is 0. The average molecular weight is 452 g/mol. The Morgan fingerprint density at radius 1 is 1.24 bits per heavy atom. The van der Waals surface area contributed by atoms with E-state index in [0.717, 1.165) is 0 Å². The van der Waals surface area contributed by atoms with E-state index >= 15 is 0 Å². The summed E-state index contributed by atoms with van der Waals surface area (Å²) in [5.41, 5.74) is -0.0567. The Bertz CT molecular complexity index is 1280. The highest BCUT2D eigenvalue weighted by atomic mass is 19.1. The van der Waals surface area contributed by atoms with Crippen molar-refractivity contribution in [3.05, 3.63) is 70.2 Å². The molecule has 0 bridgehead atoms. The zero-order valence-corrected chi connectivity index (χ0v) is 19.1. The van der Waals surface area contributed by atoms with Crippen molar-refractivity contribution in [3.63, 3.8) is 0 Å². The van der Waals surface area contributed by atoms with Crippen molar-refractivity contribution in [1.82, 2.24) is 14.3 Å². The molecule has 2 aromatic heterocycles. The Hall–Kier alpha value is -3.93. The maximum Gasteiger partial charge on any atom is 0.330 e. The zero-order valence-electron chi connectivity index (χ0n) is 19.1. The van der Waals surface area contributed by atoms with Gasteiger partial charge < -0.3 is 9.47 Å². The molecule has 0 spiro atoms. The van der Waals surface area contributed by atoms with Crippen LogP contribution in [0.2, 0.25) is 0 Å². The number of pyridine rings is 1. The molecule has 2 heterocycles. The number of benzene rings is 1. The number of nitriles is 1. The summed E-state index contributed by atoms with van der Waals surface area (Å²) in [6.45, 7) is 5.22. The Morgan fingerprint density at radius 3 is 2.55 bits per heavy atom. The lowest BCUT2D eigenvalue weighted by Crippen LogP contribution is -2.36. The third-order valence-electron chi connectivity index (χ3n) is 4.84. The minimum atomic E-state index is -1.02. The molecule has 9 heteroatoms. The Kier molecular flexibility index (Phi) is 6.68. The largest absolute Gasteiger partial charge is 0.495 e. The molecule has 172 valence electrons. The first-order valence-electron chi connectivity index (χ1n) is 10.2. The molecule has 0 aliphatic carbocycles. The Balaban J connectivity index is 2.15. The number of carbonyl (C=O) groups excluding carboxylic acids is 1. The molecule has 1 atom stereocenters. The van der Waals surface area contributed by atoms with Gasteiger partial charge in [0.1, 0.15) is 23.2 Å². The zero-order chi connectivity index (χ0) is 24.3. The second-order valence-electron chi connectivity index (χ2n) is 8.54. The van der Waals surface area contributed by atoms with Crippen molar-refractivity contribution in [1.29, 1.82) is 5.26 Å². The van der Waals surface area contributed by atoms with Gasteiger partial charge in [-0.15, -0.1) is 0 Å². The topological polar surface area (TPSA) is 99.1 Å². The van der Waals surface area contributed by atoms with E-state index in [4.69, 9.17) is 9.47 Å². The van der Waals surface area contributed by atoms with Gasteiger partial charge in [-0.1, -0.05) is 0 Å². The molecular formula is C24H25FN4O4. The molecular weight excluding hydrogens is 427 g/mol. The molecule has 3 rings (SSSR count). The maximum atomic E-state index is 13.9. The standard InChI is InChI=1S/C24H25FN4O4/c1-24(2,3)33-23(31)20(11-17-8-9-28(4)27-17)29-14-21(32-5)19(12-22(29)30)18-10-16(25)7-6-15(18)13-26/h6-10,12,14,20H,11H2,1-5H3. The van der Waals surface area contributed by atoms with Gasteiger partial charge in [0, 0.05) is 36.9 Å². The fraction of sp³-hybridized carbons (Fsp3) is 0.333. The van der Waals surface area contributed by atoms with E-state index in [-0.39, 0.29) is 28.9 Å². The highest BCUT2D eigenvalue weighted by molar-refractivity contribution is 5.77. The van der Waals surface area contributed by atoms with E-state index in [2.05, 4.69) is 5.10 Å². The van der Waals surface area contributed by atoms with Crippen LogP contribution in [0.1, 0.15) is 38.1 Å². The summed E-state index contributed by atoms with van der Waals surface area (Å²) < 4.78 is 27.8. The quantitative estimate of drug-likeness (QED) is 0.532. The molecule has 0 saturated heterocycles. The second-order valence-corrected chi connectivity index (χ2v) is 8.54. The number of hydrogen-bond acceptors (Lipinski definition) is 6. The van der Waals surface area contributed by atoms with Gasteiger partial charge in [-0.2, -0.15) is 10.4 Å². The number of carbonyl (C=O) groups is 1. The van der Waals surface area contributed by atoms with E-state index in [1.165, 1.54) is 42.1 Å². The van der Waals surface area contributed by atoms with Gasteiger partial charge in [0.25, 0.3) is 5.56 Å². The van der Waals surface area contributed by atoms with Crippen LogP contribution in [-0.2, 0) is 23.0 Å². The van der Waals surface area contributed by atoms with Gasteiger partial charge >= 0.3 is 5.97 Å². The Morgan fingerprint density at radius 2 is 1.97 bits per heavy atom. The van der Waals surface area contributed by atoms with E-state index < -0.39 is 29.0 Å². The van der Waals surface area contributed by atoms with Gasteiger partial charge in [0.15, 0.2) is 0 Å². The fourth-order valence-electron chi connectivity index (χ4n) is 3.42. The number of aromatic nitrogens is 3. The first kappa shape index (κ1) is 23.7. The monoisotopic (exact) mass is 452 g/mol. The molecule has 0 N–H and O–H groups in total. The number of aryl methyl sites for hydroxylation is 1. The van der Waals surface area contributed by atoms with Crippen LogP contribution in [0.4, 0.5) is 4.39 Å². The summed E-state index contributed by atoms with van der Waals surface area (Å²) in [6, 6.07) is 7.62. The van der Waals surface area contributed by atoms with Crippen LogP contribution in [0.3, 0.4) is 0 Å². The minimum absolute atomic E-state index is 0.113. The molecule has 33 heavy (non-hydrogen) atoms. The third kappa shape index (κ3) is 5.47. The van der Waals surface area contributed by atoms with Crippen LogP contribution in [0.5, 0.6) is 5.75 Å². The third-order valence-corrected chi connectivity index (χ3v) is 4.84. The van der Waals surface area contributed by atoms with Crippen molar-refractivity contribution < 1.29 is 18.7 Å².